The smallest absolute Gasteiger partial charge is 0.135 e. The van der Waals surface area contributed by atoms with Gasteiger partial charge in [-0.2, -0.15) is 0 Å². The number of benzene rings is 8. The SMILES string of the molecule is c1ccc(-c2ccc(-c3ccc4c(c3)-c3cccc5cccc(c35)O4)c3c2-c2cc4ccccc4c4cccc-3c24)cc1. The van der Waals surface area contributed by atoms with Crippen molar-refractivity contribution in [2.24, 2.45) is 0 Å². The number of ether oxygens (including phenoxy) is 1. The zero-order valence-corrected chi connectivity index (χ0v) is 23.3. The molecule has 0 unspecified atom stereocenters. The Bertz CT molecular complexity index is 2460. The van der Waals surface area contributed by atoms with E-state index in [0.29, 0.717) is 0 Å². The molecule has 8 aromatic carbocycles. The maximum Gasteiger partial charge on any atom is 0.135 e. The van der Waals surface area contributed by atoms with Gasteiger partial charge in [0.15, 0.2) is 0 Å². The van der Waals surface area contributed by atoms with Crippen molar-refractivity contribution in [3.63, 3.8) is 0 Å². The summed E-state index contributed by atoms with van der Waals surface area (Å²) < 4.78 is 6.45. The molecule has 2 aliphatic rings. The van der Waals surface area contributed by atoms with Crippen molar-refractivity contribution in [2.45, 2.75) is 0 Å². The van der Waals surface area contributed by atoms with Crippen molar-refractivity contribution >= 4 is 32.3 Å². The van der Waals surface area contributed by atoms with Crippen LogP contribution in [0.25, 0.3) is 88.0 Å². The molecule has 0 radical (unpaired) electrons. The summed E-state index contributed by atoms with van der Waals surface area (Å²) in [5.41, 5.74) is 12.6. The number of hydrogen-bond donors (Lipinski definition) is 0. The minimum absolute atomic E-state index is 0.907. The molecule has 1 heteroatoms. The summed E-state index contributed by atoms with van der Waals surface area (Å²) >= 11 is 0. The van der Waals surface area contributed by atoms with Gasteiger partial charge in [0, 0.05) is 10.9 Å². The molecule has 0 saturated heterocycles. The first-order valence-electron chi connectivity index (χ1n) is 14.9. The Morgan fingerprint density at radius 2 is 1.02 bits per heavy atom. The van der Waals surface area contributed by atoms with Crippen LogP contribution in [-0.2, 0) is 0 Å². The highest BCUT2D eigenvalue weighted by molar-refractivity contribution is 6.26. The van der Waals surface area contributed by atoms with Crippen LogP contribution < -0.4 is 4.74 Å². The zero-order valence-electron chi connectivity index (χ0n) is 23.3. The molecule has 0 amide bonds. The lowest BCUT2D eigenvalue weighted by molar-refractivity contribution is 0.487. The minimum Gasteiger partial charge on any atom is -0.456 e. The fourth-order valence-corrected chi connectivity index (χ4v) is 7.56. The molecule has 10 rings (SSSR count). The van der Waals surface area contributed by atoms with E-state index in [-0.39, 0.29) is 0 Å². The Labute approximate surface area is 249 Å². The summed E-state index contributed by atoms with van der Waals surface area (Å²) in [5.74, 6) is 1.83. The van der Waals surface area contributed by atoms with Crippen molar-refractivity contribution in [3.8, 4) is 67.1 Å². The first-order valence-corrected chi connectivity index (χ1v) is 14.9. The van der Waals surface area contributed by atoms with Gasteiger partial charge in [-0.05, 0) is 101 Å². The van der Waals surface area contributed by atoms with Gasteiger partial charge in [-0.15, -0.1) is 0 Å². The van der Waals surface area contributed by atoms with E-state index >= 15 is 0 Å². The van der Waals surface area contributed by atoms with E-state index in [1.807, 2.05) is 0 Å². The maximum absolute atomic E-state index is 6.45. The lowest BCUT2D eigenvalue weighted by Crippen LogP contribution is -1.97. The molecule has 1 aliphatic carbocycles. The van der Waals surface area contributed by atoms with Gasteiger partial charge < -0.3 is 4.74 Å². The van der Waals surface area contributed by atoms with Gasteiger partial charge in [-0.1, -0.05) is 121 Å². The van der Waals surface area contributed by atoms with Gasteiger partial charge in [0.05, 0.1) is 0 Å². The van der Waals surface area contributed by atoms with E-state index in [1.165, 1.54) is 82.4 Å². The van der Waals surface area contributed by atoms with Gasteiger partial charge in [0.25, 0.3) is 0 Å². The predicted molar refractivity (Wildman–Crippen MR) is 180 cm³/mol. The van der Waals surface area contributed by atoms with Gasteiger partial charge in [0.1, 0.15) is 11.5 Å². The second-order valence-corrected chi connectivity index (χ2v) is 11.6. The summed E-state index contributed by atoms with van der Waals surface area (Å²) in [6, 6.07) is 53.0. The van der Waals surface area contributed by atoms with Crippen LogP contribution in [0.1, 0.15) is 0 Å². The Kier molecular flexibility index (Phi) is 4.51. The number of rotatable bonds is 2. The normalized spacial score (nSPS) is 12.4. The summed E-state index contributed by atoms with van der Waals surface area (Å²) in [6.45, 7) is 0. The molecule has 8 aromatic rings. The molecule has 0 aromatic heterocycles. The summed E-state index contributed by atoms with van der Waals surface area (Å²) in [6.07, 6.45) is 0. The lowest BCUT2D eigenvalue weighted by atomic mass is 9.86. The van der Waals surface area contributed by atoms with Crippen LogP contribution in [0.4, 0.5) is 0 Å². The predicted octanol–water partition coefficient (Wildman–Crippen LogP) is 11.9. The largest absolute Gasteiger partial charge is 0.456 e. The highest BCUT2D eigenvalue weighted by Gasteiger charge is 2.29. The van der Waals surface area contributed by atoms with E-state index in [0.717, 1.165) is 17.1 Å². The van der Waals surface area contributed by atoms with Gasteiger partial charge in [0.2, 0.25) is 0 Å². The second kappa shape index (κ2) is 8.44. The monoisotopic (exact) mass is 544 g/mol. The van der Waals surface area contributed by atoms with Crippen LogP contribution in [0, 0.1) is 0 Å². The highest BCUT2D eigenvalue weighted by Crippen LogP contribution is 2.56. The van der Waals surface area contributed by atoms with Crippen molar-refractivity contribution in [3.05, 3.63) is 146 Å². The highest BCUT2D eigenvalue weighted by atomic mass is 16.5. The summed E-state index contributed by atoms with van der Waals surface area (Å²) in [4.78, 5) is 0. The molecule has 0 N–H and O–H groups in total. The average Bonchev–Trinajstić information content (AvgIpc) is 3.40. The molecule has 0 saturated carbocycles. The molecule has 0 fully saturated rings. The number of fused-ring (bicyclic) bond motifs is 7. The fourth-order valence-electron chi connectivity index (χ4n) is 7.56. The number of hydrogen-bond acceptors (Lipinski definition) is 1. The summed E-state index contributed by atoms with van der Waals surface area (Å²) in [7, 11) is 0. The summed E-state index contributed by atoms with van der Waals surface area (Å²) in [5, 5.41) is 7.62. The Morgan fingerprint density at radius 1 is 0.326 bits per heavy atom. The van der Waals surface area contributed by atoms with Crippen molar-refractivity contribution < 1.29 is 4.74 Å². The molecule has 0 spiro atoms. The third kappa shape index (κ3) is 3.11. The lowest BCUT2D eigenvalue weighted by Gasteiger charge is -2.22. The topological polar surface area (TPSA) is 9.23 Å². The Balaban J connectivity index is 1.29. The molecule has 0 bridgehead atoms. The fraction of sp³-hybridized carbons (Fsp3) is 0. The van der Waals surface area contributed by atoms with E-state index in [1.54, 1.807) is 0 Å². The molecule has 198 valence electrons. The molecule has 1 aliphatic heterocycles. The van der Waals surface area contributed by atoms with Crippen LogP contribution in [-0.4, -0.2) is 0 Å². The molecular weight excluding hydrogens is 520 g/mol. The quantitative estimate of drug-likeness (QED) is 0.197. The second-order valence-electron chi connectivity index (χ2n) is 11.6. The first kappa shape index (κ1) is 23.0. The van der Waals surface area contributed by atoms with Crippen LogP contribution in [0.2, 0.25) is 0 Å². The van der Waals surface area contributed by atoms with Crippen LogP contribution in [0.5, 0.6) is 11.5 Å². The van der Waals surface area contributed by atoms with E-state index in [9.17, 15) is 0 Å². The third-order valence-electron chi connectivity index (χ3n) is 9.38. The Hall–Kier alpha value is -5.66. The van der Waals surface area contributed by atoms with Crippen molar-refractivity contribution in [2.75, 3.05) is 0 Å². The zero-order chi connectivity index (χ0) is 28.1. The molecule has 43 heavy (non-hydrogen) atoms. The van der Waals surface area contributed by atoms with E-state index in [4.69, 9.17) is 4.74 Å². The van der Waals surface area contributed by atoms with Gasteiger partial charge in [-0.25, -0.2) is 0 Å². The van der Waals surface area contributed by atoms with Crippen LogP contribution in [0.15, 0.2) is 146 Å². The van der Waals surface area contributed by atoms with E-state index in [2.05, 4.69) is 146 Å². The average molecular weight is 545 g/mol. The molecule has 0 atom stereocenters. The van der Waals surface area contributed by atoms with Crippen molar-refractivity contribution in [1.82, 2.24) is 0 Å². The van der Waals surface area contributed by atoms with E-state index < -0.39 is 0 Å². The van der Waals surface area contributed by atoms with Crippen LogP contribution in [0.3, 0.4) is 0 Å². The molecule has 1 heterocycles. The standard InChI is InChI=1S/C42H24O/c1-2-9-25(10-3-1)30-20-21-31(28-19-22-37-35(23-28)33-15-6-12-26-13-7-18-38(43-37)39(26)33)41-34-17-8-16-32-29-14-5-4-11-27(29)24-36(40(32)34)42(30)41/h1-24H. The molecular formula is C42H24O. The molecule has 1 nitrogen and oxygen atoms in total. The van der Waals surface area contributed by atoms with Gasteiger partial charge in [-0.3, -0.25) is 0 Å². The van der Waals surface area contributed by atoms with Gasteiger partial charge >= 0.3 is 0 Å². The van der Waals surface area contributed by atoms with Crippen molar-refractivity contribution in [1.29, 1.82) is 0 Å². The first-order chi connectivity index (χ1) is 21.3. The van der Waals surface area contributed by atoms with Crippen LogP contribution >= 0.6 is 0 Å². The maximum atomic E-state index is 6.45. The third-order valence-corrected chi connectivity index (χ3v) is 9.38. The Morgan fingerprint density at radius 3 is 1.93 bits per heavy atom. The minimum atomic E-state index is 0.907.